The zero-order valence-corrected chi connectivity index (χ0v) is 15.6. The Kier molecular flexibility index (Phi) is 4.75. The van der Waals surface area contributed by atoms with Gasteiger partial charge in [-0.05, 0) is 42.5 Å². The van der Waals surface area contributed by atoms with E-state index in [9.17, 15) is 13.2 Å². The maximum atomic E-state index is 12.6. The molecule has 1 amide bonds. The molecule has 8 heteroatoms. The molecule has 0 atom stereocenters. The Bertz CT molecular complexity index is 1030. The van der Waals surface area contributed by atoms with Crippen LogP contribution < -0.4 is 5.32 Å². The average molecular weight is 387 g/mol. The van der Waals surface area contributed by atoms with Crippen LogP contribution in [0.5, 0.6) is 0 Å². The van der Waals surface area contributed by atoms with E-state index in [0.29, 0.717) is 19.6 Å². The predicted octanol–water partition coefficient (Wildman–Crippen LogP) is 2.87. The number of carbonyl (C=O) groups is 1. The number of fused-ring (bicyclic) bond motifs is 1. The van der Waals surface area contributed by atoms with Gasteiger partial charge in [0.1, 0.15) is 0 Å². The summed E-state index contributed by atoms with van der Waals surface area (Å²) in [5.41, 5.74) is 1.85. The fourth-order valence-electron chi connectivity index (χ4n) is 3.30. The van der Waals surface area contributed by atoms with Crippen molar-refractivity contribution < 1.29 is 17.6 Å². The van der Waals surface area contributed by atoms with Crippen molar-refractivity contribution in [3.8, 4) is 0 Å². The standard InChI is InChI=1S/C19H21N3O4S/c23-19(20-13-15-12-14-6-2-3-7-16(14)21-15)17-8-9-18(26-17)27(24,25)22-10-4-1-5-11-22/h2-3,6-9,12,21H,1,4-5,10-11,13H2,(H,20,23). The molecule has 3 heterocycles. The highest BCUT2D eigenvalue weighted by atomic mass is 32.2. The number of H-pyrrole nitrogens is 1. The van der Waals surface area contributed by atoms with Crippen LogP contribution in [-0.2, 0) is 16.6 Å². The molecular weight excluding hydrogens is 366 g/mol. The number of carbonyl (C=O) groups excluding carboxylic acids is 1. The van der Waals surface area contributed by atoms with E-state index in [1.807, 2.05) is 30.3 Å². The minimum absolute atomic E-state index is 0.0123. The molecule has 27 heavy (non-hydrogen) atoms. The lowest BCUT2D eigenvalue weighted by atomic mass is 10.2. The first-order valence-electron chi connectivity index (χ1n) is 8.99. The van der Waals surface area contributed by atoms with Gasteiger partial charge in [0.05, 0.1) is 6.54 Å². The van der Waals surface area contributed by atoms with Gasteiger partial charge in [0.25, 0.3) is 15.9 Å². The van der Waals surface area contributed by atoms with E-state index in [1.165, 1.54) is 16.4 Å². The molecular formula is C19H21N3O4S. The number of piperidine rings is 1. The third-order valence-corrected chi connectivity index (χ3v) is 6.51. The van der Waals surface area contributed by atoms with Crippen molar-refractivity contribution >= 4 is 26.8 Å². The lowest BCUT2D eigenvalue weighted by Crippen LogP contribution is -2.35. The van der Waals surface area contributed by atoms with Crippen molar-refractivity contribution in [1.29, 1.82) is 0 Å². The summed E-state index contributed by atoms with van der Waals surface area (Å²) in [6, 6.07) is 12.6. The molecule has 1 fully saturated rings. The summed E-state index contributed by atoms with van der Waals surface area (Å²) in [5, 5.41) is 3.63. The number of sulfonamides is 1. The Labute approximate surface area is 157 Å². The number of furan rings is 1. The Hall–Kier alpha value is -2.58. The van der Waals surface area contributed by atoms with Crippen LogP contribution in [0.3, 0.4) is 0 Å². The van der Waals surface area contributed by atoms with E-state index in [0.717, 1.165) is 35.9 Å². The monoisotopic (exact) mass is 387 g/mol. The number of rotatable bonds is 5. The Morgan fingerprint density at radius 2 is 1.89 bits per heavy atom. The minimum Gasteiger partial charge on any atom is -0.438 e. The van der Waals surface area contributed by atoms with Gasteiger partial charge in [0, 0.05) is 24.3 Å². The summed E-state index contributed by atoms with van der Waals surface area (Å²) in [7, 11) is -3.68. The maximum absolute atomic E-state index is 12.6. The van der Waals surface area contributed by atoms with E-state index in [1.54, 1.807) is 0 Å². The predicted molar refractivity (Wildman–Crippen MR) is 101 cm³/mol. The zero-order chi connectivity index (χ0) is 18.9. The number of hydrogen-bond acceptors (Lipinski definition) is 4. The maximum Gasteiger partial charge on any atom is 0.287 e. The summed E-state index contributed by atoms with van der Waals surface area (Å²) in [4.78, 5) is 15.5. The molecule has 0 spiro atoms. The van der Waals surface area contributed by atoms with E-state index >= 15 is 0 Å². The number of hydrogen-bond donors (Lipinski definition) is 2. The molecule has 0 unspecified atom stereocenters. The molecule has 1 aliphatic heterocycles. The van der Waals surface area contributed by atoms with Gasteiger partial charge < -0.3 is 14.7 Å². The van der Waals surface area contributed by atoms with Gasteiger partial charge in [-0.3, -0.25) is 4.79 Å². The molecule has 142 valence electrons. The number of nitrogens with one attached hydrogen (secondary N) is 2. The van der Waals surface area contributed by atoms with Crippen molar-refractivity contribution in [3.05, 3.63) is 53.9 Å². The first-order valence-corrected chi connectivity index (χ1v) is 10.4. The van der Waals surface area contributed by atoms with Crippen LogP contribution in [-0.4, -0.2) is 36.7 Å². The molecule has 0 saturated carbocycles. The second-order valence-corrected chi connectivity index (χ2v) is 8.52. The number of nitrogens with zero attached hydrogens (tertiary/aromatic N) is 1. The number of aromatic amines is 1. The second-order valence-electron chi connectivity index (χ2n) is 6.65. The Morgan fingerprint density at radius 1 is 1.11 bits per heavy atom. The molecule has 0 bridgehead atoms. The molecule has 1 aliphatic rings. The van der Waals surface area contributed by atoms with E-state index in [4.69, 9.17) is 4.42 Å². The molecule has 2 aromatic heterocycles. The van der Waals surface area contributed by atoms with Crippen LogP contribution in [0.15, 0.2) is 52.0 Å². The van der Waals surface area contributed by atoms with Gasteiger partial charge in [0.2, 0.25) is 5.09 Å². The molecule has 1 aromatic carbocycles. The van der Waals surface area contributed by atoms with Crippen molar-refractivity contribution in [2.45, 2.75) is 30.9 Å². The van der Waals surface area contributed by atoms with Gasteiger partial charge in [-0.2, -0.15) is 4.31 Å². The molecule has 4 rings (SSSR count). The van der Waals surface area contributed by atoms with Gasteiger partial charge in [-0.1, -0.05) is 24.6 Å². The summed E-state index contributed by atoms with van der Waals surface area (Å²) in [5.74, 6) is -0.463. The summed E-state index contributed by atoms with van der Waals surface area (Å²) in [6.45, 7) is 1.28. The van der Waals surface area contributed by atoms with Gasteiger partial charge in [-0.25, -0.2) is 8.42 Å². The summed E-state index contributed by atoms with van der Waals surface area (Å²) < 4.78 is 32.0. The van der Waals surface area contributed by atoms with Crippen LogP contribution >= 0.6 is 0 Å². The Morgan fingerprint density at radius 3 is 2.67 bits per heavy atom. The van der Waals surface area contributed by atoms with Crippen LogP contribution in [0.1, 0.15) is 35.5 Å². The normalized spacial score (nSPS) is 15.9. The van der Waals surface area contributed by atoms with Crippen molar-refractivity contribution in [2.75, 3.05) is 13.1 Å². The van der Waals surface area contributed by atoms with Crippen molar-refractivity contribution in [3.63, 3.8) is 0 Å². The lowest BCUT2D eigenvalue weighted by Gasteiger charge is -2.24. The van der Waals surface area contributed by atoms with Crippen molar-refractivity contribution in [1.82, 2.24) is 14.6 Å². The number of amides is 1. The molecule has 0 aliphatic carbocycles. The topological polar surface area (TPSA) is 95.4 Å². The first kappa shape index (κ1) is 17.8. The summed E-state index contributed by atoms with van der Waals surface area (Å²) >= 11 is 0. The summed E-state index contributed by atoms with van der Waals surface area (Å²) in [6.07, 6.45) is 2.72. The fraction of sp³-hybridized carbons (Fsp3) is 0.316. The van der Waals surface area contributed by atoms with E-state index < -0.39 is 15.9 Å². The van der Waals surface area contributed by atoms with Crippen LogP contribution in [0.25, 0.3) is 10.9 Å². The SMILES string of the molecule is O=C(NCc1cc2ccccc2[nH]1)c1ccc(S(=O)(=O)N2CCCCC2)o1. The van der Waals surface area contributed by atoms with Crippen LogP contribution in [0.4, 0.5) is 0 Å². The minimum atomic E-state index is -3.68. The largest absolute Gasteiger partial charge is 0.438 e. The third-order valence-electron chi connectivity index (χ3n) is 4.74. The third kappa shape index (κ3) is 3.63. The number of para-hydroxylation sites is 1. The Balaban J connectivity index is 1.43. The van der Waals surface area contributed by atoms with Crippen LogP contribution in [0, 0.1) is 0 Å². The zero-order valence-electron chi connectivity index (χ0n) is 14.8. The molecule has 7 nitrogen and oxygen atoms in total. The number of aromatic nitrogens is 1. The highest BCUT2D eigenvalue weighted by molar-refractivity contribution is 7.89. The highest BCUT2D eigenvalue weighted by Gasteiger charge is 2.29. The molecule has 3 aromatic rings. The lowest BCUT2D eigenvalue weighted by molar-refractivity contribution is 0.0917. The molecule has 1 saturated heterocycles. The van der Waals surface area contributed by atoms with E-state index in [2.05, 4.69) is 10.3 Å². The first-order chi connectivity index (χ1) is 13.0. The smallest absolute Gasteiger partial charge is 0.287 e. The number of benzene rings is 1. The molecule has 2 N–H and O–H groups in total. The quantitative estimate of drug-likeness (QED) is 0.704. The van der Waals surface area contributed by atoms with Crippen LogP contribution in [0.2, 0.25) is 0 Å². The van der Waals surface area contributed by atoms with Crippen molar-refractivity contribution in [2.24, 2.45) is 0 Å². The highest BCUT2D eigenvalue weighted by Crippen LogP contribution is 2.22. The van der Waals surface area contributed by atoms with E-state index in [-0.39, 0.29) is 10.9 Å². The van der Waals surface area contributed by atoms with Gasteiger partial charge in [-0.15, -0.1) is 0 Å². The molecule has 0 radical (unpaired) electrons. The second kappa shape index (κ2) is 7.21. The van der Waals surface area contributed by atoms with Gasteiger partial charge >= 0.3 is 0 Å². The fourth-order valence-corrected chi connectivity index (χ4v) is 4.73. The average Bonchev–Trinajstić information content (AvgIpc) is 3.34. The van der Waals surface area contributed by atoms with Gasteiger partial charge in [0.15, 0.2) is 5.76 Å².